The summed E-state index contributed by atoms with van der Waals surface area (Å²) in [6, 6.07) is 13.7. The summed E-state index contributed by atoms with van der Waals surface area (Å²) in [4.78, 5) is 21.8. The second kappa shape index (κ2) is 8.88. The van der Waals surface area contributed by atoms with Crippen LogP contribution in [-0.4, -0.2) is 30.5 Å². The SMILES string of the molecule is O=C(CNc1ccc(Br)cc1)NCCNc1ccc([N+](=O)[O-])cc1. The van der Waals surface area contributed by atoms with Gasteiger partial charge in [0.25, 0.3) is 5.69 Å². The first-order chi connectivity index (χ1) is 11.5. The Balaban J connectivity index is 1.63. The molecule has 1 amide bonds. The van der Waals surface area contributed by atoms with Gasteiger partial charge in [-0.25, -0.2) is 0 Å². The number of nitro groups is 1. The molecule has 126 valence electrons. The van der Waals surface area contributed by atoms with E-state index in [4.69, 9.17) is 0 Å². The van der Waals surface area contributed by atoms with Crippen molar-refractivity contribution in [2.45, 2.75) is 0 Å². The maximum Gasteiger partial charge on any atom is 0.269 e. The smallest absolute Gasteiger partial charge is 0.269 e. The molecule has 8 heteroatoms. The van der Waals surface area contributed by atoms with E-state index in [1.54, 1.807) is 12.1 Å². The summed E-state index contributed by atoms with van der Waals surface area (Å²) >= 11 is 3.35. The standard InChI is InChI=1S/C16H17BrN4O3/c17-12-1-3-14(4-2-12)20-11-16(22)19-10-9-18-13-5-7-15(8-6-13)21(23)24/h1-8,18,20H,9-11H2,(H,19,22). The van der Waals surface area contributed by atoms with E-state index in [9.17, 15) is 14.9 Å². The van der Waals surface area contributed by atoms with Crippen LogP contribution in [0.4, 0.5) is 17.1 Å². The third kappa shape index (κ3) is 5.88. The van der Waals surface area contributed by atoms with E-state index in [-0.39, 0.29) is 18.1 Å². The highest BCUT2D eigenvalue weighted by Gasteiger charge is 2.04. The van der Waals surface area contributed by atoms with Crippen molar-refractivity contribution in [1.82, 2.24) is 5.32 Å². The van der Waals surface area contributed by atoms with Crippen LogP contribution in [0.15, 0.2) is 53.0 Å². The van der Waals surface area contributed by atoms with Crippen LogP contribution in [0.1, 0.15) is 0 Å². The van der Waals surface area contributed by atoms with Crippen molar-refractivity contribution in [2.24, 2.45) is 0 Å². The summed E-state index contributed by atoms with van der Waals surface area (Å²) in [6.07, 6.45) is 0. The number of amides is 1. The second-order valence-electron chi connectivity index (χ2n) is 4.94. The molecule has 0 bridgehead atoms. The van der Waals surface area contributed by atoms with Crippen molar-refractivity contribution >= 4 is 38.9 Å². The number of rotatable bonds is 8. The Labute approximate surface area is 147 Å². The number of nitrogens with zero attached hydrogens (tertiary/aromatic N) is 1. The number of carbonyl (C=O) groups is 1. The van der Waals surface area contributed by atoms with E-state index >= 15 is 0 Å². The molecular weight excluding hydrogens is 376 g/mol. The Kier molecular flexibility index (Phi) is 6.56. The van der Waals surface area contributed by atoms with Gasteiger partial charge in [0.05, 0.1) is 11.5 Å². The molecule has 0 spiro atoms. The number of halogens is 1. The van der Waals surface area contributed by atoms with Crippen LogP contribution >= 0.6 is 15.9 Å². The zero-order chi connectivity index (χ0) is 17.4. The highest BCUT2D eigenvalue weighted by molar-refractivity contribution is 9.10. The van der Waals surface area contributed by atoms with Crippen LogP contribution < -0.4 is 16.0 Å². The van der Waals surface area contributed by atoms with Crippen molar-refractivity contribution in [2.75, 3.05) is 30.3 Å². The molecule has 0 aliphatic carbocycles. The highest BCUT2D eigenvalue weighted by atomic mass is 79.9. The Bertz CT molecular complexity index is 689. The number of hydrogen-bond acceptors (Lipinski definition) is 5. The average molecular weight is 393 g/mol. The fourth-order valence-corrected chi connectivity index (χ4v) is 2.19. The van der Waals surface area contributed by atoms with Crippen molar-refractivity contribution < 1.29 is 9.72 Å². The zero-order valence-corrected chi connectivity index (χ0v) is 14.4. The summed E-state index contributed by atoms with van der Waals surface area (Å²) in [7, 11) is 0. The number of nitro benzene ring substituents is 1. The molecule has 2 aromatic carbocycles. The molecule has 0 fully saturated rings. The lowest BCUT2D eigenvalue weighted by Gasteiger charge is -2.09. The predicted octanol–water partition coefficient (Wildman–Crippen LogP) is 3.00. The summed E-state index contributed by atoms with van der Waals surface area (Å²) in [6.45, 7) is 1.18. The number of benzene rings is 2. The molecule has 7 nitrogen and oxygen atoms in total. The Hall–Kier alpha value is -2.61. The topological polar surface area (TPSA) is 96.3 Å². The lowest BCUT2D eigenvalue weighted by Crippen LogP contribution is -2.33. The Morgan fingerprint density at radius 2 is 1.54 bits per heavy atom. The minimum absolute atomic E-state index is 0.0490. The van der Waals surface area contributed by atoms with E-state index in [1.807, 2.05) is 24.3 Å². The van der Waals surface area contributed by atoms with Gasteiger partial charge < -0.3 is 16.0 Å². The van der Waals surface area contributed by atoms with E-state index in [0.717, 1.165) is 15.8 Å². The van der Waals surface area contributed by atoms with Crippen LogP contribution in [0.25, 0.3) is 0 Å². The fourth-order valence-electron chi connectivity index (χ4n) is 1.92. The molecule has 0 atom stereocenters. The van der Waals surface area contributed by atoms with Gasteiger partial charge in [-0.2, -0.15) is 0 Å². The molecule has 24 heavy (non-hydrogen) atoms. The van der Waals surface area contributed by atoms with Gasteiger partial charge >= 0.3 is 0 Å². The van der Waals surface area contributed by atoms with E-state index < -0.39 is 4.92 Å². The average Bonchev–Trinajstić information content (AvgIpc) is 2.58. The van der Waals surface area contributed by atoms with Crippen LogP contribution in [0.2, 0.25) is 0 Å². The first kappa shape index (κ1) is 17.7. The first-order valence-electron chi connectivity index (χ1n) is 7.29. The number of nitrogens with one attached hydrogen (secondary N) is 3. The van der Waals surface area contributed by atoms with Gasteiger partial charge in [-0.15, -0.1) is 0 Å². The fraction of sp³-hybridized carbons (Fsp3) is 0.188. The van der Waals surface area contributed by atoms with Crippen molar-refractivity contribution in [3.63, 3.8) is 0 Å². The molecule has 0 aliphatic rings. The first-order valence-corrected chi connectivity index (χ1v) is 8.08. The molecule has 0 heterocycles. The molecule has 0 aliphatic heterocycles. The molecule has 0 unspecified atom stereocenters. The molecular formula is C16H17BrN4O3. The summed E-state index contributed by atoms with van der Waals surface area (Å²) in [5, 5.41) is 19.5. The quantitative estimate of drug-likeness (QED) is 0.364. The predicted molar refractivity (Wildman–Crippen MR) is 97.2 cm³/mol. The number of carbonyl (C=O) groups excluding carboxylic acids is 1. The van der Waals surface area contributed by atoms with Gasteiger partial charge in [0.15, 0.2) is 0 Å². The van der Waals surface area contributed by atoms with Crippen LogP contribution in [0, 0.1) is 10.1 Å². The van der Waals surface area contributed by atoms with Gasteiger partial charge in [-0.3, -0.25) is 14.9 Å². The number of non-ortho nitro benzene ring substituents is 1. The van der Waals surface area contributed by atoms with Crippen LogP contribution in [-0.2, 0) is 4.79 Å². The van der Waals surface area contributed by atoms with Crippen LogP contribution in [0.3, 0.4) is 0 Å². The van der Waals surface area contributed by atoms with Gasteiger partial charge in [0, 0.05) is 41.1 Å². The zero-order valence-electron chi connectivity index (χ0n) is 12.8. The second-order valence-corrected chi connectivity index (χ2v) is 5.86. The maximum absolute atomic E-state index is 11.7. The monoisotopic (exact) mass is 392 g/mol. The van der Waals surface area contributed by atoms with Gasteiger partial charge in [0.1, 0.15) is 0 Å². The van der Waals surface area contributed by atoms with Gasteiger partial charge in [-0.1, -0.05) is 15.9 Å². The van der Waals surface area contributed by atoms with Gasteiger partial charge in [-0.05, 0) is 36.4 Å². The third-order valence-corrected chi connectivity index (χ3v) is 3.68. The largest absolute Gasteiger partial charge is 0.383 e. The Morgan fingerprint density at radius 3 is 2.17 bits per heavy atom. The number of hydrogen-bond donors (Lipinski definition) is 3. The van der Waals surface area contributed by atoms with Crippen molar-refractivity contribution in [3.05, 3.63) is 63.1 Å². The molecule has 2 rings (SSSR count). The minimum Gasteiger partial charge on any atom is -0.383 e. The van der Waals surface area contributed by atoms with E-state index in [1.165, 1.54) is 12.1 Å². The highest BCUT2D eigenvalue weighted by Crippen LogP contribution is 2.15. The van der Waals surface area contributed by atoms with Crippen LogP contribution in [0.5, 0.6) is 0 Å². The van der Waals surface area contributed by atoms with Gasteiger partial charge in [0.2, 0.25) is 5.91 Å². The molecule has 3 N–H and O–H groups in total. The molecule has 0 aromatic heterocycles. The molecule has 0 saturated carbocycles. The molecule has 2 aromatic rings. The summed E-state index contributed by atoms with van der Waals surface area (Å²) < 4.78 is 0.981. The molecule has 0 saturated heterocycles. The Morgan fingerprint density at radius 1 is 0.958 bits per heavy atom. The summed E-state index contributed by atoms with van der Waals surface area (Å²) in [5.74, 6) is -0.108. The van der Waals surface area contributed by atoms with E-state index in [0.29, 0.717) is 13.1 Å². The minimum atomic E-state index is -0.442. The number of anilines is 2. The lowest BCUT2D eigenvalue weighted by molar-refractivity contribution is -0.384. The van der Waals surface area contributed by atoms with Crippen molar-refractivity contribution in [1.29, 1.82) is 0 Å². The lowest BCUT2D eigenvalue weighted by atomic mass is 10.3. The maximum atomic E-state index is 11.7. The summed E-state index contributed by atoms with van der Waals surface area (Å²) in [5.41, 5.74) is 1.69. The van der Waals surface area contributed by atoms with Crippen molar-refractivity contribution in [3.8, 4) is 0 Å². The third-order valence-electron chi connectivity index (χ3n) is 3.15. The normalized spacial score (nSPS) is 10.0. The molecule has 0 radical (unpaired) electrons. The van der Waals surface area contributed by atoms with E-state index in [2.05, 4.69) is 31.9 Å².